The molecule has 2 aliphatic rings. The molecular weight excluding hydrogens is 586 g/mol. The van der Waals surface area contributed by atoms with Crippen molar-refractivity contribution in [3.63, 3.8) is 0 Å². The van der Waals surface area contributed by atoms with Crippen LogP contribution in [0.5, 0.6) is 5.75 Å². The lowest BCUT2D eigenvalue weighted by atomic mass is 9.96. The summed E-state index contributed by atoms with van der Waals surface area (Å²) in [7, 11) is 1.75. The molecule has 1 aliphatic carbocycles. The zero-order valence-electron chi connectivity index (χ0n) is 27.7. The van der Waals surface area contributed by atoms with Gasteiger partial charge in [0.05, 0.1) is 30.4 Å². The van der Waals surface area contributed by atoms with Crippen LogP contribution >= 0.6 is 0 Å². The van der Waals surface area contributed by atoms with Crippen LogP contribution in [0, 0.1) is 5.92 Å². The molecule has 4 rings (SSSR count). The summed E-state index contributed by atoms with van der Waals surface area (Å²) in [6, 6.07) is 7.87. The van der Waals surface area contributed by atoms with Crippen LogP contribution in [-0.4, -0.2) is 95.4 Å². The second-order valence-corrected chi connectivity index (χ2v) is 12.9. The van der Waals surface area contributed by atoms with E-state index >= 15 is 0 Å². The average molecular weight is 638 g/mol. The van der Waals surface area contributed by atoms with Gasteiger partial charge in [-0.3, -0.25) is 14.6 Å². The van der Waals surface area contributed by atoms with E-state index in [4.69, 9.17) is 9.47 Å². The van der Waals surface area contributed by atoms with Crippen LogP contribution in [0.4, 0.5) is 10.5 Å². The van der Waals surface area contributed by atoms with Crippen molar-refractivity contribution >= 4 is 23.5 Å². The van der Waals surface area contributed by atoms with E-state index in [0.717, 1.165) is 44.9 Å². The minimum Gasteiger partial charge on any atom is -0.490 e. The largest absolute Gasteiger partial charge is 0.490 e. The third-order valence-electron chi connectivity index (χ3n) is 8.98. The highest BCUT2D eigenvalue weighted by Crippen LogP contribution is 2.29. The summed E-state index contributed by atoms with van der Waals surface area (Å²) >= 11 is 0. The van der Waals surface area contributed by atoms with Gasteiger partial charge in [-0.15, -0.1) is 0 Å². The smallest absolute Gasteiger partial charge is 0.319 e. The molecule has 1 aliphatic heterocycles. The first-order chi connectivity index (χ1) is 22.2. The molecule has 2 aromatic rings. The molecule has 0 bridgehead atoms. The molecule has 0 spiro atoms. The number of ether oxygens (including phenoxy) is 2. The van der Waals surface area contributed by atoms with Gasteiger partial charge >= 0.3 is 6.03 Å². The molecule has 11 nitrogen and oxygen atoms in total. The van der Waals surface area contributed by atoms with Crippen molar-refractivity contribution in [1.29, 1.82) is 0 Å². The number of fused-ring (bicyclic) bond motifs is 1. The summed E-state index contributed by atoms with van der Waals surface area (Å²) in [5.41, 5.74) is 1.34. The van der Waals surface area contributed by atoms with Crippen LogP contribution in [0.1, 0.15) is 92.9 Å². The molecule has 0 saturated heterocycles. The maximum Gasteiger partial charge on any atom is 0.319 e. The standard InChI is InChI=1S/C35H51N5O6/c1-24-21-40(25(2)23-41)34(43)30-20-29(38-35(44)37-28-11-6-5-7-12-28)13-14-31(30)46-26(3)10-8-9-19-45-32(24)22-39(4)33(42)27-15-17-36-18-16-27/h13-18,20,24-26,28,32,41H,5-12,19,21-23H2,1-4H3,(H2,37,38,44)/t24-,25-,26+,32+/m1/s1. The number of urea groups is 1. The number of anilines is 1. The number of carbonyl (C=O) groups excluding carboxylic acids is 3. The summed E-state index contributed by atoms with van der Waals surface area (Å²) in [4.78, 5) is 47.6. The highest BCUT2D eigenvalue weighted by molar-refractivity contribution is 5.99. The Kier molecular flexibility index (Phi) is 13.2. The van der Waals surface area contributed by atoms with E-state index in [9.17, 15) is 19.5 Å². The first-order valence-electron chi connectivity index (χ1n) is 16.7. The number of amides is 4. The first-order valence-corrected chi connectivity index (χ1v) is 16.7. The maximum atomic E-state index is 14.3. The molecule has 2 heterocycles. The predicted octanol–water partition coefficient (Wildman–Crippen LogP) is 5.10. The molecule has 46 heavy (non-hydrogen) atoms. The Hall–Kier alpha value is -3.70. The summed E-state index contributed by atoms with van der Waals surface area (Å²) in [6.07, 6.45) is 10.4. The molecule has 1 fully saturated rings. The van der Waals surface area contributed by atoms with Crippen molar-refractivity contribution in [2.24, 2.45) is 5.92 Å². The van der Waals surface area contributed by atoms with Crippen molar-refractivity contribution in [3.05, 3.63) is 53.9 Å². The highest BCUT2D eigenvalue weighted by Gasteiger charge is 2.31. The molecule has 0 radical (unpaired) electrons. The summed E-state index contributed by atoms with van der Waals surface area (Å²) < 4.78 is 12.7. The lowest BCUT2D eigenvalue weighted by Crippen LogP contribution is -2.48. The summed E-state index contributed by atoms with van der Waals surface area (Å²) in [6.45, 7) is 6.65. The SMILES string of the molecule is C[C@@H]1CN([C@H](C)CO)C(=O)c2cc(NC(=O)NC3CCCCC3)ccc2O[C@@H](C)CCCCO[C@H]1CN(C)C(=O)c1ccncc1. The van der Waals surface area contributed by atoms with Gasteiger partial charge in [0, 0.05) is 62.3 Å². The number of aromatic nitrogens is 1. The molecule has 0 unspecified atom stereocenters. The molecular formula is C35H51N5O6. The van der Waals surface area contributed by atoms with Gasteiger partial charge in [0.15, 0.2) is 0 Å². The van der Waals surface area contributed by atoms with Crippen molar-refractivity contribution in [2.75, 3.05) is 38.7 Å². The first kappa shape index (κ1) is 35.2. The Bertz CT molecular complexity index is 1290. The van der Waals surface area contributed by atoms with Crippen LogP contribution in [-0.2, 0) is 4.74 Å². The van der Waals surface area contributed by atoms with Gasteiger partial charge in [0.2, 0.25) is 0 Å². The van der Waals surface area contributed by atoms with E-state index in [1.807, 2.05) is 13.8 Å². The lowest BCUT2D eigenvalue weighted by Gasteiger charge is -2.36. The molecule has 1 aromatic heterocycles. The topological polar surface area (TPSA) is 133 Å². The van der Waals surface area contributed by atoms with Gasteiger partial charge in [-0.25, -0.2) is 4.79 Å². The average Bonchev–Trinajstić information content (AvgIpc) is 3.06. The van der Waals surface area contributed by atoms with Crippen LogP contribution in [0.2, 0.25) is 0 Å². The van der Waals surface area contributed by atoms with E-state index < -0.39 is 6.04 Å². The van der Waals surface area contributed by atoms with E-state index in [0.29, 0.717) is 35.7 Å². The maximum absolute atomic E-state index is 14.3. The third-order valence-corrected chi connectivity index (χ3v) is 8.98. The van der Waals surface area contributed by atoms with Crippen molar-refractivity contribution in [2.45, 2.75) is 96.4 Å². The predicted molar refractivity (Wildman–Crippen MR) is 177 cm³/mol. The summed E-state index contributed by atoms with van der Waals surface area (Å²) in [5, 5.41) is 16.2. The Balaban J connectivity index is 1.58. The number of hydrogen-bond donors (Lipinski definition) is 3. The van der Waals surface area contributed by atoms with E-state index in [-0.39, 0.29) is 55.2 Å². The molecule has 252 valence electrons. The number of aliphatic hydroxyl groups is 1. The fraction of sp³-hybridized carbons (Fsp3) is 0.600. The summed E-state index contributed by atoms with van der Waals surface area (Å²) in [5.74, 6) is -0.198. The number of rotatable bonds is 7. The molecule has 11 heteroatoms. The van der Waals surface area contributed by atoms with Crippen LogP contribution in [0.15, 0.2) is 42.7 Å². The minimum absolute atomic E-state index is 0.137. The van der Waals surface area contributed by atoms with Crippen LogP contribution in [0.3, 0.4) is 0 Å². The zero-order valence-corrected chi connectivity index (χ0v) is 27.7. The number of hydrogen-bond acceptors (Lipinski definition) is 7. The number of nitrogens with zero attached hydrogens (tertiary/aromatic N) is 3. The molecule has 1 aromatic carbocycles. The van der Waals surface area contributed by atoms with Crippen molar-refractivity contribution < 1.29 is 29.0 Å². The van der Waals surface area contributed by atoms with E-state index in [1.165, 1.54) is 6.42 Å². The minimum atomic E-state index is -0.504. The Labute approximate surface area is 273 Å². The highest BCUT2D eigenvalue weighted by atomic mass is 16.5. The van der Waals surface area contributed by atoms with E-state index in [2.05, 4.69) is 15.6 Å². The lowest BCUT2D eigenvalue weighted by molar-refractivity contribution is -0.0149. The quantitative estimate of drug-likeness (QED) is 0.385. The Morgan fingerprint density at radius 1 is 1.07 bits per heavy atom. The zero-order chi connectivity index (χ0) is 33.1. The Morgan fingerprint density at radius 3 is 2.50 bits per heavy atom. The van der Waals surface area contributed by atoms with Gasteiger partial charge in [-0.1, -0.05) is 26.2 Å². The molecule has 4 atom stereocenters. The van der Waals surface area contributed by atoms with Crippen LogP contribution in [0.25, 0.3) is 0 Å². The third kappa shape index (κ3) is 9.90. The second kappa shape index (κ2) is 17.3. The number of likely N-dealkylation sites (N-methyl/N-ethyl adjacent to an activating group) is 1. The normalized spacial score (nSPS) is 22.5. The van der Waals surface area contributed by atoms with E-state index in [1.54, 1.807) is 66.5 Å². The van der Waals surface area contributed by atoms with Gasteiger partial charge in [0.25, 0.3) is 11.8 Å². The van der Waals surface area contributed by atoms with Crippen molar-refractivity contribution in [3.8, 4) is 5.75 Å². The fourth-order valence-electron chi connectivity index (χ4n) is 6.13. The number of carbonyl (C=O) groups is 3. The molecule has 4 amide bonds. The molecule has 1 saturated carbocycles. The number of pyridine rings is 1. The second-order valence-electron chi connectivity index (χ2n) is 12.9. The number of benzene rings is 1. The fourth-order valence-corrected chi connectivity index (χ4v) is 6.13. The Morgan fingerprint density at radius 2 is 1.78 bits per heavy atom. The number of aliphatic hydroxyl groups excluding tert-OH is 1. The van der Waals surface area contributed by atoms with Gasteiger partial charge in [0.1, 0.15) is 5.75 Å². The number of nitrogens with one attached hydrogen (secondary N) is 2. The van der Waals surface area contributed by atoms with Gasteiger partial charge in [-0.05, 0) is 76.3 Å². The van der Waals surface area contributed by atoms with Crippen LogP contribution < -0.4 is 15.4 Å². The molecule has 3 N–H and O–H groups in total. The van der Waals surface area contributed by atoms with Gasteiger partial charge in [-0.2, -0.15) is 0 Å². The van der Waals surface area contributed by atoms with Crippen molar-refractivity contribution in [1.82, 2.24) is 20.1 Å². The monoisotopic (exact) mass is 637 g/mol. The van der Waals surface area contributed by atoms with Gasteiger partial charge < -0.3 is 35.0 Å².